The summed E-state index contributed by atoms with van der Waals surface area (Å²) < 4.78 is 5.98. The van der Waals surface area contributed by atoms with Crippen LogP contribution in [0.5, 0.6) is 5.75 Å². The average Bonchev–Trinajstić information content (AvgIpc) is 2.98. The zero-order valence-electron chi connectivity index (χ0n) is 16.9. The van der Waals surface area contributed by atoms with Crippen molar-refractivity contribution in [3.63, 3.8) is 0 Å². The van der Waals surface area contributed by atoms with Crippen LogP contribution in [0.25, 0.3) is 16.8 Å². The number of thioether (sulfide) groups is 1. The third-order valence-electron chi connectivity index (χ3n) is 4.79. The maximum atomic E-state index is 13.1. The fourth-order valence-corrected chi connectivity index (χ4v) is 4.66. The number of carbonyl (C=O) groups excluding carboxylic acids is 2. The van der Waals surface area contributed by atoms with E-state index < -0.39 is 0 Å². The van der Waals surface area contributed by atoms with Gasteiger partial charge in [-0.3, -0.25) is 14.5 Å². The molecule has 0 spiro atoms. The molecule has 1 heterocycles. The summed E-state index contributed by atoms with van der Waals surface area (Å²) in [5.41, 5.74) is 1.44. The van der Waals surface area contributed by atoms with Crippen LogP contribution < -0.4 is 4.74 Å². The minimum absolute atomic E-state index is 0.0320. The lowest BCUT2D eigenvalue weighted by atomic mass is 10.0. The quantitative estimate of drug-likeness (QED) is 0.370. The highest BCUT2D eigenvalue weighted by molar-refractivity contribution is 8.18. The SMILES string of the molecule is CC(C)Oc1ccc2ccccc2c1/C=C1\SC(=O)N(Cc2ccc(Cl)cc2Cl)C1=O. The summed E-state index contributed by atoms with van der Waals surface area (Å²) in [6.45, 7) is 3.98. The number of halogens is 2. The van der Waals surface area contributed by atoms with Gasteiger partial charge in [-0.25, -0.2) is 0 Å². The Kier molecular flexibility index (Phi) is 6.28. The molecule has 3 aromatic rings. The molecule has 1 aliphatic rings. The van der Waals surface area contributed by atoms with Crippen molar-refractivity contribution in [1.82, 2.24) is 4.90 Å². The number of nitrogens with zero attached hydrogens (tertiary/aromatic N) is 1. The van der Waals surface area contributed by atoms with Crippen LogP contribution in [0.1, 0.15) is 25.0 Å². The number of rotatable bonds is 5. The number of carbonyl (C=O) groups is 2. The predicted molar refractivity (Wildman–Crippen MR) is 128 cm³/mol. The molecule has 0 radical (unpaired) electrons. The summed E-state index contributed by atoms with van der Waals surface area (Å²) in [4.78, 5) is 27.2. The van der Waals surface area contributed by atoms with Gasteiger partial charge < -0.3 is 4.74 Å². The minimum Gasteiger partial charge on any atom is -0.490 e. The second kappa shape index (κ2) is 8.95. The first-order valence-corrected chi connectivity index (χ1v) is 11.3. The van der Waals surface area contributed by atoms with Gasteiger partial charge in [0.05, 0.1) is 17.6 Å². The van der Waals surface area contributed by atoms with Crippen molar-refractivity contribution in [2.45, 2.75) is 26.5 Å². The summed E-state index contributed by atoms with van der Waals surface area (Å²) in [5, 5.41) is 2.55. The fourth-order valence-electron chi connectivity index (χ4n) is 3.37. The van der Waals surface area contributed by atoms with Gasteiger partial charge in [-0.05, 0) is 66.2 Å². The second-order valence-electron chi connectivity index (χ2n) is 7.37. The van der Waals surface area contributed by atoms with E-state index in [2.05, 4.69) is 0 Å². The molecule has 3 aromatic carbocycles. The lowest BCUT2D eigenvalue weighted by Gasteiger charge is -2.15. The van der Waals surface area contributed by atoms with E-state index in [9.17, 15) is 9.59 Å². The van der Waals surface area contributed by atoms with Crippen molar-refractivity contribution in [3.8, 4) is 5.75 Å². The molecule has 4 nitrogen and oxygen atoms in total. The third kappa shape index (κ3) is 4.59. The molecule has 0 aliphatic carbocycles. The molecule has 7 heteroatoms. The third-order valence-corrected chi connectivity index (χ3v) is 6.28. The zero-order chi connectivity index (χ0) is 22.1. The summed E-state index contributed by atoms with van der Waals surface area (Å²) >= 11 is 13.1. The van der Waals surface area contributed by atoms with Crippen molar-refractivity contribution in [2.75, 3.05) is 0 Å². The van der Waals surface area contributed by atoms with Crippen molar-refractivity contribution in [1.29, 1.82) is 0 Å². The van der Waals surface area contributed by atoms with Gasteiger partial charge in [0.2, 0.25) is 0 Å². The highest BCUT2D eigenvalue weighted by atomic mass is 35.5. The summed E-state index contributed by atoms with van der Waals surface area (Å²) in [7, 11) is 0. The molecule has 0 saturated carbocycles. The van der Waals surface area contributed by atoms with E-state index >= 15 is 0 Å². The topological polar surface area (TPSA) is 46.6 Å². The molecule has 2 amide bonds. The highest BCUT2D eigenvalue weighted by Gasteiger charge is 2.35. The summed E-state index contributed by atoms with van der Waals surface area (Å²) in [6, 6.07) is 16.8. The Labute approximate surface area is 194 Å². The van der Waals surface area contributed by atoms with Crippen LogP contribution in [0.4, 0.5) is 4.79 Å². The molecular formula is C24H19Cl2NO3S. The van der Waals surface area contributed by atoms with E-state index in [1.807, 2.05) is 50.2 Å². The molecule has 31 heavy (non-hydrogen) atoms. The Morgan fingerprint density at radius 2 is 1.84 bits per heavy atom. The van der Waals surface area contributed by atoms with Crippen LogP contribution >= 0.6 is 35.0 Å². The molecule has 1 fully saturated rings. The largest absolute Gasteiger partial charge is 0.490 e. The van der Waals surface area contributed by atoms with Crippen LogP contribution in [0.2, 0.25) is 10.0 Å². The van der Waals surface area contributed by atoms with E-state index in [4.69, 9.17) is 27.9 Å². The highest BCUT2D eigenvalue weighted by Crippen LogP contribution is 2.38. The molecule has 1 aliphatic heterocycles. The molecule has 0 bridgehead atoms. The smallest absolute Gasteiger partial charge is 0.293 e. The van der Waals surface area contributed by atoms with E-state index in [1.54, 1.807) is 24.3 Å². The molecule has 0 atom stereocenters. The minimum atomic E-state index is -0.357. The Morgan fingerprint density at radius 3 is 2.58 bits per heavy atom. The van der Waals surface area contributed by atoms with Gasteiger partial charge in [0, 0.05) is 15.6 Å². The van der Waals surface area contributed by atoms with Gasteiger partial charge in [0.25, 0.3) is 11.1 Å². The van der Waals surface area contributed by atoms with Crippen molar-refractivity contribution >= 4 is 63.0 Å². The second-order valence-corrected chi connectivity index (χ2v) is 9.21. The number of benzene rings is 3. The molecule has 0 N–H and O–H groups in total. The molecular weight excluding hydrogens is 453 g/mol. The first-order chi connectivity index (χ1) is 14.8. The lowest BCUT2D eigenvalue weighted by molar-refractivity contribution is -0.123. The van der Waals surface area contributed by atoms with Gasteiger partial charge in [0.15, 0.2) is 0 Å². The monoisotopic (exact) mass is 471 g/mol. The first-order valence-electron chi connectivity index (χ1n) is 9.71. The number of amides is 2. The van der Waals surface area contributed by atoms with Gasteiger partial charge in [-0.2, -0.15) is 0 Å². The number of ether oxygens (including phenoxy) is 1. The molecule has 0 unspecified atom stereocenters. The molecule has 158 valence electrons. The summed E-state index contributed by atoms with van der Waals surface area (Å²) in [5.74, 6) is 0.311. The van der Waals surface area contributed by atoms with Crippen LogP contribution in [-0.4, -0.2) is 22.2 Å². The molecule has 4 rings (SSSR count). The molecule has 0 aromatic heterocycles. The van der Waals surface area contributed by atoms with Gasteiger partial charge in [-0.1, -0.05) is 59.6 Å². The molecule has 1 saturated heterocycles. The Morgan fingerprint density at radius 1 is 1.06 bits per heavy atom. The Balaban J connectivity index is 1.72. The van der Waals surface area contributed by atoms with E-state index in [-0.39, 0.29) is 23.8 Å². The normalized spacial score (nSPS) is 15.5. The fraction of sp³-hybridized carbons (Fsp3) is 0.167. The standard InChI is InChI=1S/C24H19Cl2NO3S/c1-14(2)30-21-10-8-15-5-3-4-6-18(15)19(21)12-22-23(28)27(24(29)31-22)13-16-7-9-17(25)11-20(16)26/h3-12,14H,13H2,1-2H3/b22-12-. The Hall–Kier alpha value is -2.47. The van der Waals surface area contributed by atoms with Gasteiger partial charge in [-0.15, -0.1) is 0 Å². The number of fused-ring (bicyclic) bond motifs is 1. The van der Waals surface area contributed by atoms with Crippen LogP contribution in [0.3, 0.4) is 0 Å². The van der Waals surface area contributed by atoms with Crippen LogP contribution in [0.15, 0.2) is 59.5 Å². The van der Waals surface area contributed by atoms with Gasteiger partial charge in [0.1, 0.15) is 5.75 Å². The van der Waals surface area contributed by atoms with Crippen LogP contribution in [0, 0.1) is 0 Å². The van der Waals surface area contributed by atoms with E-state index in [1.165, 1.54) is 4.90 Å². The summed E-state index contributed by atoms with van der Waals surface area (Å²) in [6.07, 6.45) is 1.71. The van der Waals surface area contributed by atoms with Crippen molar-refractivity contribution in [2.24, 2.45) is 0 Å². The van der Waals surface area contributed by atoms with Crippen molar-refractivity contribution in [3.05, 3.63) is 80.7 Å². The van der Waals surface area contributed by atoms with E-state index in [0.717, 1.165) is 28.1 Å². The number of hydrogen-bond acceptors (Lipinski definition) is 4. The van der Waals surface area contributed by atoms with Crippen molar-refractivity contribution < 1.29 is 14.3 Å². The predicted octanol–water partition coefficient (Wildman–Crippen LogP) is 7.17. The number of imide groups is 1. The average molecular weight is 472 g/mol. The maximum Gasteiger partial charge on any atom is 0.293 e. The van der Waals surface area contributed by atoms with E-state index in [0.29, 0.717) is 26.3 Å². The van der Waals surface area contributed by atoms with Gasteiger partial charge >= 0.3 is 0 Å². The number of hydrogen-bond donors (Lipinski definition) is 0. The van der Waals surface area contributed by atoms with Crippen LogP contribution in [-0.2, 0) is 11.3 Å². The zero-order valence-corrected chi connectivity index (χ0v) is 19.2. The first kappa shape index (κ1) is 21.8. The maximum absolute atomic E-state index is 13.1. The lowest BCUT2D eigenvalue weighted by Crippen LogP contribution is -2.27. The Bertz CT molecular complexity index is 1220.